The van der Waals surface area contributed by atoms with Crippen molar-refractivity contribution >= 4 is 46.3 Å². The number of amidine groups is 1. The van der Waals surface area contributed by atoms with Crippen LogP contribution < -0.4 is 25.8 Å². The van der Waals surface area contributed by atoms with E-state index in [1.54, 1.807) is 36.4 Å². The molecule has 0 aromatic heterocycles. The van der Waals surface area contributed by atoms with Gasteiger partial charge in [-0.25, -0.2) is 0 Å². The largest absolute Gasteiger partial charge is 0.495 e. The van der Waals surface area contributed by atoms with E-state index >= 15 is 0 Å². The highest BCUT2D eigenvalue weighted by molar-refractivity contribution is 6.41. The van der Waals surface area contributed by atoms with Crippen LogP contribution in [0, 0.1) is 0 Å². The van der Waals surface area contributed by atoms with E-state index < -0.39 is 5.91 Å². The predicted octanol–water partition coefficient (Wildman–Crippen LogP) is 4.56. The number of halogens is 2. The summed E-state index contributed by atoms with van der Waals surface area (Å²) in [6.07, 6.45) is 0. The van der Waals surface area contributed by atoms with Gasteiger partial charge < -0.3 is 30.7 Å². The number of amides is 1. The highest BCUT2D eigenvalue weighted by Crippen LogP contribution is 2.46. The van der Waals surface area contributed by atoms with E-state index in [0.29, 0.717) is 49.5 Å². The number of carbonyl (C=O) groups is 1. The fourth-order valence-electron chi connectivity index (χ4n) is 4.20. The summed E-state index contributed by atoms with van der Waals surface area (Å²) < 4.78 is 10.7. The minimum Gasteiger partial charge on any atom is -0.495 e. The Morgan fingerprint density at radius 2 is 1.51 bits per heavy atom. The number of ether oxygens (including phenoxy) is 2. The molecular weight excluding hydrogens is 513 g/mol. The molecule has 1 amide bonds. The second-order valence-corrected chi connectivity index (χ2v) is 9.48. The first-order valence-electron chi connectivity index (χ1n) is 11.7. The molecule has 1 saturated heterocycles. The molecule has 8 nitrogen and oxygen atoms in total. The summed E-state index contributed by atoms with van der Waals surface area (Å²) in [5.74, 6) is 0.379. The van der Waals surface area contributed by atoms with Crippen LogP contribution in [0.5, 0.6) is 11.5 Å². The van der Waals surface area contributed by atoms with E-state index in [-0.39, 0.29) is 5.84 Å². The predicted molar refractivity (Wildman–Crippen MR) is 151 cm³/mol. The number of carbonyl (C=O) groups excluding carboxylic acids is 1. The monoisotopic (exact) mass is 541 g/mol. The van der Waals surface area contributed by atoms with Gasteiger partial charge in [0, 0.05) is 60.3 Å². The molecule has 1 heterocycles. The Kier molecular flexibility index (Phi) is 8.12. The number of nitrogens with two attached hydrogens (primary N) is 2. The summed E-state index contributed by atoms with van der Waals surface area (Å²) in [5.41, 5.74) is 15.9. The fourth-order valence-corrected chi connectivity index (χ4v) is 4.92. The summed E-state index contributed by atoms with van der Waals surface area (Å²) in [4.78, 5) is 21.5. The van der Waals surface area contributed by atoms with Crippen LogP contribution in [0.1, 0.15) is 15.9 Å². The van der Waals surface area contributed by atoms with Crippen molar-refractivity contribution in [1.82, 2.24) is 4.90 Å². The molecule has 0 radical (unpaired) electrons. The quantitative estimate of drug-likeness (QED) is 0.267. The van der Waals surface area contributed by atoms with Crippen LogP contribution in [0.2, 0.25) is 10.0 Å². The first kappa shape index (κ1) is 26.6. The topological polar surface area (TPSA) is 106 Å². The van der Waals surface area contributed by atoms with Gasteiger partial charge in [-0.1, -0.05) is 29.3 Å². The Labute approximate surface area is 226 Å². The average Bonchev–Trinajstić information content (AvgIpc) is 2.89. The average molecular weight is 542 g/mol. The van der Waals surface area contributed by atoms with Crippen LogP contribution in [0.25, 0.3) is 11.1 Å². The molecule has 0 saturated carbocycles. The molecule has 0 unspecified atom stereocenters. The van der Waals surface area contributed by atoms with Crippen molar-refractivity contribution in [3.8, 4) is 22.6 Å². The molecule has 3 aromatic carbocycles. The summed E-state index contributed by atoms with van der Waals surface area (Å²) in [6.45, 7) is 3.91. The zero-order valence-corrected chi connectivity index (χ0v) is 22.4. The summed E-state index contributed by atoms with van der Waals surface area (Å²) in [6, 6.07) is 14.1. The number of methoxy groups -OCH3 is 2. The summed E-state index contributed by atoms with van der Waals surface area (Å²) in [7, 11) is 5.12. The van der Waals surface area contributed by atoms with Crippen molar-refractivity contribution in [1.29, 1.82) is 0 Å². The number of rotatable bonds is 6. The molecule has 0 atom stereocenters. The maximum absolute atomic E-state index is 12.8. The summed E-state index contributed by atoms with van der Waals surface area (Å²) >= 11 is 13.1. The lowest BCUT2D eigenvalue weighted by atomic mass is 10.0. The van der Waals surface area contributed by atoms with E-state index in [4.69, 9.17) is 44.1 Å². The van der Waals surface area contributed by atoms with Crippen molar-refractivity contribution in [2.75, 3.05) is 58.1 Å². The second kappa shape index (κ2) is 11.3. The van der Waals surface area contributed by atoms with Crippen molar-refractivity contribution in [3.63, 3.8) is 0 Å². The van der Waals surface area contributed by atoms with Crippen LogP contribution in [-0.2, 0) is 0 Å². The van der Waals surface area contributed by atoms with Crippen LogP contribution in [0.4, 0.5) is 11.4 Å². The van der Waals surface area contributed by atoms with Crippen molar-refractivity contribution in [3.05, 3.63) is 69.7 Å². The normalized spacial score (nSPS) is 14.5. The van der Waals surface area contributed by atoms with Gasteiger partial charge in [0.15, 0.2) is 0 Å². The Morgan fingerprint density at radius 3 is 2.05 bits per heavy atom. The third-order valence-electron chi connectivity index (χ3n) is 6.39. The maximum atomic E-state index is 12.8. The molecule has 1 aliphatic rings. The van der Waals surface area contributed by atoms with Gasteiger partial charge in [0.1, 0.15) is 17.3 Å². The number of nitrogens with zero attached hydrogens (tertiary/aromatic N) is 3. The van der Waals surface area contributed by atoms with Gasteiger partial charge in [0.2, 0.25) is 0 Å². The van der Waals surface area contributed by atoms with Gasteiger partial charge >= 0.3 is 0 Å². The number of likely N-dealkylation sites (N-methyl/N-ethyl adjacent to an activating group) is 1. The van der Waals surface area contributed by atoms with Gasteiger partial charge in [-0.05, 0) is 49.0 Å². The molecule has 0 aliphatic carbocycles. The molecule has 4 rings (SSSR count). The van der Waals surface area contributed by atoms with Crippen LogP contribution in [-0.4, -0.2) is 64.1 Å². The molecule has 37 heavy (non-hydrogen) atoms. The first-order chi connectivity index (χ1) is 17.7. The second-order valence-electron chi connectivity index (χ2n) is 8.73. The van der Waals surface area contributed by atoms with Gasteiger partial charge in [-0.3, -0.25) is 4.79 Å². The van der Waals surface area contributed by atoms with E-state index in [0.717, 1.165) is 31.9 Å². The molecule has 4 N–H and O–H groups in total. The van der Waals surface area contributed by atoms with Gasteiger partial charge in [-0.15, -0.1) is 0 Å². The Balaban J connectivity index is 1.57. The molecular formula is C27H29Cl2N5O3. The minimum atomic E-state index is -0.450. The number of aliphatic imine (C=N–C) groups is 1. The third-order valence-corrected chi connectivity index (χ3v) is 7.15. The van der Waals surface area contributed by atoms with Crippen LogP contribution >= 0.6 is 23.2 Å². The van der Waals surface area contributed by atoms with E-state index in [1.807, 2.05) is 12.1 Å². The first-order valence-corrected chi connectivity index (χ1v) is 12.4. The molecule has 1 fully saturated rings. The zero-order valence-electron chi connectivity index (χ0n) is 20.9. The lowest BCUT2D eigenvalue weighted by Crippen LogP contribution is -2.44. The Hall–Kier alpha value is -3.46. The lowest BCUT2D eigenvalue weighted by molar-refractivity contribution is 0.100. The fraction of sp³-hybridized carbons (Fsp3) is 0.259. The molecule has 1 aliphatic heterocycles. The maximum Gasteiger partial charge on any atom is 0.278 e. The standard InChI is InChI=1S/C27H29Cl2N5O3/c1-33-10-12-34(13-11-33)18-7-4-16(5-8-18)27(35)32-26(31)19-9-6-17(14-20(19)30)23-24(28)21(36-2)15-22(37-3)25(23)29/h4-9,14-15H,10-13,30H2,1-3H3,(H2,31,32,35). The summed E-state index contributed by atoms with van der Waals surface area (Å²) in [5, 5.41) is 0.634. The number of hydrogen-bond acceptors (Lipinski definition) is 6. The minimum absolute atomic E-state index is 0.0117. The van der Waals surface area contributed by atoms with Gasteiger partial charge in [0.05, 0.1) is 24.3 Å². The number of piperazine rings is 1. The SMILES string of the molecule is COc1cc(OC)c(Cl)c(-c2ccc(C(N)=NC(=O)c3ccc(N4CCN(C)CC4)cc3)c(N)c2)c1Cl. The van der Waals surface area contributed by atoms with Gasteiger partial charge in [0.25, 0.3) is 5.91 Å². The molecule has 0 spiro atoms. The Morgan fingerprint density at radius 1 is 0.919 bits per heavy atom. The lowest BCUT2D eigenvalue weighted by Gasteiger charge is -2.34. The smallest absolute Gasteiger partial charge is 0.278 e. The third kappa shape index (κ3) is 5.61. The number of nitrogen functional groups attached to an aromatic ring is 1. The number of benzene rings is 3. The highest BCUT2D eigenvalue weighted by Gasteiger charge is 2.20. The van der Waals surface area contributed by atoms with Gasteiger partial charge in [-0.2, -0.15) is 4.99 Å². The molecule has 3 aromatic rings. The van der Waals surface area contributed by atoms with Crippen molar-refractivity contribution < 1.29 is 14.3 Å². The van der Waals surface area contributed by atoms with Crippen molar-refractivity contribution in [2.24, 2.45) is 10.7 Å². The van der Waals surface area contributed by atoms with Crippen LogP contribution in [0.15, 0.2) is 53.5 Å². The highest BCUT2D eigenvalue weighted by atomic mass is 35.5. The Bertz CT molecular complexity index is 1310. The number of hydrogen-bond donors (Lipinski definition) is 2. The number of anilines is 2. The van der Waals surface area contributed by atoms with Crippen molar-refractivity contribution in [2.45, 2.75) is 0 Å². The van der Waals surface area contributed by atoms with E-state index in [9.17, 15) is 4.79 Å². The zero-order chi connectivity index (χ0) is 26.7. The molecule has 194 valence electrons. The molecule has 10 heteroatoms. The molecule has 0 bridgehead atoms. The van der Waals surface area contributed by atoms with E-state index in [2.05, 4.69) is 21.8 Å². The van der Waals surface area contributed by atoms with Crippen LogP contribution in [0.3, 0.4) is 0 Å². The van der Waals surface area contributed by atoms with E-state index in [1.165, 1.54) is 14.2 Å².